The Morgan fingerprint density at radius 3 is 1.64 bits per heavy atom. The summed E-state index contributed by atoms with van der Waals surface area (Å²) < 4.78 is 36.3. The first-order valence-electron chi connectivity index (χ1n) is 3.96. The summed E-state index contributed by atoms with van der Waals surface area (Å²) in [6.45, 7) is 4.81. The van der Waals surface area contributed by atoms with Gasteiger partial charge in [-0.25, -0.2) is 8.78 Å². The zero-order valence-electron chi connectivity index (χ0n) is 8.28. The van der Waals surface area contributed by atoms with Gasteiger partial charge in [0.05, 0.1) is 14.2 Å². The van der Waals surface area contributed by atoms with Crippen LogP contribution in [-0.2, 0) is 0 Å². The molecule has 77 valence electrons. The fourth-order valence-electron chi connectivity index (χ4n) is 1.23. The van der Waals surface area contributed by atoms with Crippen molar-refractivity contribution < 1.29 is 18.3 Å². The summed E-state index contributed by atoms with van der Waals surface area (Å²) in [4.78, 5) is 0. The molecule has 1 rings (SSSR count). The highest BCUT2D eigenvalue weighted by atomic mass is 19.1. The van der Waals surface area contributed by atoms with Gasteiger partial charge in [-0.3, -0.25) is 0 Å². The molecule has 1 aromatic carbocycles. The summed E-state index contributed by atoms with van der Waals surface area (Å²) in [5.74, 6) is -1.65. The minimum atomic E-state index is -0.740. The zero-order chi connectivity index (χ0) is 10.9. The van der Waals surface area contributed by atoms with Crippen LogP contribution in [0.25, 0.3) is 0 Å². The van der Waals surface area contributed by atoms with Crippen molar-refractivity contribution in [1.82, 2.24) is 0 Å². The first-order chi connectivity index (χ1) is 6.54. The van der Waals surface area contributed by atoms with Crippen molar-refractivity contribution in [2.75, 3.05) is 14.2 Å². The van der Waals surface area contributed by atoms with E-state index in [0.717, 1.165) is 0 Å². The third kappa shape index (κ3) is 1.41. The first kappa shape index (κ1) is 10.8. The number of hydrogen-bond donors (Lipinski definition) is 0. The van der Waals surface area contributed by atoms with Gasteiger partial charge in [0.1, 0.15) is 0 Å². The molecule has 0 amide bonds. The molecule has 0 atom stereocenters. The highest BCUT2D eigenvalue weighted by Crippen LogP contribution is 2.35. The Balaban J connectivity index is 3.56. The summed E-state index contributed by atoms with van der Waals surface area (Å²) in [6, 6.07) is 0. The lowest BCUT2D eigenvalue weighted by molar-refractivity contribution is 0.352. The third-order valence-electron chi connectivity index (χ3n) is 2.01. The lowest BCUT2D eigenvalue weighted by Crippen LogP contribution is -2.02. The minimum Gasteiger partial charge on any atom is -0.493 e. The fraction of sp³-hybridized carbons (Fsp3) is 0.300. The van der Waals surface area contributed by atoms with E-state index in [9.17, 15) is 8.78 Å². The van der Waals surface area contributed by atoms with Crippen LogP contribution >= 0.6 is 0 Å². The smallest absolute Gasteiger partial charge is 0.171 e. The van der Waals surface area contributed by atoms with Gasteiger partial charge in [0.2, 0.25) is 0 Å². The van der Waals surface area contributed by atoms with Crippen LogP contribution in [0.4, 0.5) is 8.78 Å². The second-order valence-corrected chi connectivity index (χ2v) is 2.80. The summed E-state index contributed by atoms with van der Waals surface area (Å²) >= 11 is 0. The molecule has 2 nitrogen and oxygen atoms in total. The predicted molar refractivity (Wildman–Crippen MR) is 48.7 cm³/mol. The SMILES string of the molecule is [CH2]c1c(OC)c(F)c(C)c(F)c1OC. The van der Waals surface area contributed by atoms with Crippen LogP contribution in [0.5, 0.6) is 11.5 Å². The highest BCUT2D eigenvalue weighted by molar-refractivity contribution is 5.51. The number of benzene rings is 1. The van der Waals surface area contributed by atoms with Crippen LogP contribution in [0.1, 0.15) is 11.1 Å². The minimum absolute atomic E-state index is 0.0793. The van der Waals surface area contributed by atoms with E-state index in [1.54, 1.807) is 0 Å². The molecular weight excluding hydrogens is 190 g/mol. The Bertz CT molecular complexity index is 331. The topological polar surface area (TPSA) is 18.5 Å². The lowest BCUT2D eigenvalue weighted by Gasteiger charge is -2.13. The van der Waals surface area contributed by atoms with Crippen LogP contribution in [0.2, 0.25) is 0 Å². The second-order valence-electron chi connectivity index (χ2n) is 2.80. The number of ether oxygens (including phenoxy) is 2. The predicted octanol–water partition coefficient (Wildman–Crippen LogP) is 2.47. The zero-order valence-corrected chi connectivity index (χ0v) is 8.28. The number of rotatable bonds is 2. The molecule has 0 bridgehead atoms. The molecule has 0 saturated heterocycles. The maximum absolute atomic E-state index is 13.4. The van der Waals surface area contributed by atoms with E-state index >= 15 is 0 Å². The Morgan fingerprint density at radius 2 is 1.36 bits per heavy atom. The lowest BCUT2D eigenvalue weighted by atomic mass is 10.1. The molecule has 0 unspecified atom stereocenters. The summed E-state index contributed by atoms with van der Waals surface area (Å²) in [5, 5.41) is 0. The van der Waals surface area contributed by atoms with Gasteiger partial charge in [-0.2, -0.15) is 0 Å². The molecule has 0 saturated carbocycles. The molecular formula is C10H11F2O2. The Labute approximate surface area is 81.4 Å². The van der Waals surface area contributed by atoms with Crippen LogP contribution in [0, 0.1) is 25.5 Å². The average Bonchev–Trinajstić information content (AvgIpc) is 2.16. The molecule has 0 spiro atoms. The monoisotopic (exact) mass is 201 g/mol. The highest BCUT2D eigenvalue weighted by Gasteiger charge is 2.20. The van der Waals surface area contributed by atoms with E-state index < -0.39 is 11.6 Å². The van der Waals surface area contributed by atoms with Gasteiger partial charge in [0.25, 0.3) is 0 Å². The summed E-state index contributed by atoms with van der Waals surface area (Å²) in [7, 11) is 2.59. The van der Waals surface area contributed by atoms with Gasteiger partial charge in [0.15, 0.2) is 23.1 Å². The van der Waals surface area contributed by atoms with Crippen molar-refractivity contribution in [1.29, 1.82) is 0 Å². The Kier molecular flexibility index (Phi) is 2.93. The second kappa shape index (κ2) is 3.82. The average molecular weight is 201 g/mol. The van der Waals surface area contributed by atoms with Gasteiger partial charge in [-0.15, -0.1) is 0 Å². The van der Waals surface area contributed by atoms with Crippen LogP contribution in [0.3, 0.4) is 0 Å². The molecule has 0 N–H and O–H groups in total. The Hall–Kier alpha value is -1.32. The molecule has 0 aliphatic rings. The van der Waals surface area contributed by atoms with E-state index in [1.165, 1.54) is 21.1 Å². The molecule has 1 aromatic rings. The molecule has 0 aliphatic carbocycles. The quantitative estimate of drug-likeness (QED) is 0.731. The fourth-order valence-corrected chi connectivity index (χ4v) is 1.23. The molecule has 0 heterocycles. The molecule has 4 heteroatoms. The molecule has 0 fully saturated rings. The van der Waals surface area contributed by atoms with Crippen molar-refractivity contribution >= 4 is 0 Å². The van der Waals surface area contributed by atoms with Crippen LogP contribution < -0.4 is 9.47 Å². The van der Waals surface area contributed by atoms with Gasteiger partial charge in [0, 0.05) is 11.1 Å². The number of halogens is 2. The number of methoxy groups -OCH3 is 2. The van der Waals surface area contributed by atoms with Crippen LogP contribution in [-0.4, -0.2) is 14.2 Å². The van der Waals surface area contributed by atoms with Crippen molar-refractivity contribution in [3.05, 3.63) is 29.7 Å². The first-order valence-corrected chi connectivity index (χ1v) is 3.96. The van der Waals surface area contributed by atoms with Crippen molar-refractivity contribution in [3.63, 3.8) is 0 Å². The Morgan fingerprint density at radius 1 is 1.00 bits per heavy atom. The van der Waals surface area contributed by atoms with Gasteiger partial charge >= 0.3 is 0 Å². The van der Waals surface area contributed by atoms with Crippen molar-refractivity contribution in [2.45, 2.75) is 6.92 Å². The van der Waals surface area contributed by atoms with Gasteiger partial charge < -0.3 is 9.47 Å². The normalized spacial score (nSPS) is 10.1. The van der Waals surface area contributed by atoms with Gasteiger partial charge in [-0.1, -0.05) is 0 Å². The number of hydrogen-bond acceptors (Lipinski definition) is 2. The van der Waals surface area contributed by atoms with Crippen molar-refractivity contribution in [3.8, 4) is 11.5 Å². The summed E-state index contributed by atoms with van der Waals surface area (Å²) in [5.41, 5.74) is -0.0540. The van der Waals surface area contributed by atoms with Gasteiger partial charge in [-0.05, 0) is 13.8 Å². The van der Waals surface area contributed by atoms with E-state index in [-0.39, 0.29) is 22.6 Å². The van der Waals surface area contributed by atoms with Crippen molar-refractivity contribution in [2.24, 2.45) is 0 Å². The molecule has 0 aliphatic heterocycles. The maximum atomic E-state index is 13.4. The summed E-state index contributed by atoms with van der Waals surface area (Å²) in [6.07, 6.45) is 0. The molecule has 0 aromatic heterocycles. The third-order valence-corrected chi connectivity index (χ3v) is 2.01. The largest absolute Gasteiger partial charge is 0.493 e. The van der Waals surface area contributed by atoms with E-state index in [2.05, 4.69) is 6.92 Å². The van der Waals surface area contributed by atoms with Crippen LogP contribution in [0.15, 0.2) is 0 Å². The molecule has 1 radical (unpaired) electrons. The van der Waals surface area contributed by atoms with E-state index in [1.807, 2.05) is 0 Å². The molecule has 14 heavy (non-hydrogen) atoms. The van der Waals surface area contributed by atoms with E-state index in [4.69, 9.17) is 9.47 Å². The standard InChI is InChI=1S/C10H11F2O2/c1-5-7(11)9(13-3)6(2)10(14-4)8(5)12/h2H2,1,3-4H3. The van der Waals surface area contributed by atoms with E-state index in [0.29, 0.717) is 0 Å². The maximum Gasteiger partial charge on any atom is 0.171 e.